The van der Waals surface area contributed by atoms with E-state index in [4.69, 9.17) is 11.6 Å². The van der Waals surface area contributed by atoms with Crippen LogP contribution in [0.15, 0.2) is 35.6 Å². The van der Waals surface area contributed by atoms with Gasteiger partial charge in [0.1, 0.15) is 5.25 Å². The first-order chi connectivity index (χ1) is 10.5. The van der Waals surface area contributed by atoms with Crippen molar-refractivity contribution < 1.29 is 15.0 Å². The average molecular weight is 341 g/mol. The van der Waals surface area contributed by atoms with Gasteiger partial charge in [0.2, 0.25) is 0 Å². The van der Waals surface area contributed by atoms with Crippen molar-refractivity contribution in [1.82, 2.24) is 9.55 Å². The van der Waals surface area contributed by atoms with Crippen LogP contribution in [0.2, 0.25) is 5.02 Å². The second-order valence-electron chi connectivity index (χ2n) is 4.78. The predicted octanol–water partition coefficient (Wildman–Crippen LogP) is 3.03. The first-order valence-corrected chi connectivity index (χ1v) is 8.10. The molecule has 0 aliphatic rings. The van der Waals surface area contributed by atoms with Gasteiger partial charge in [0.25, 0.3) is 0 Å². The lowest BCUT2D eigenvalue weighted by molar-refractivity contribution is -0.136. The molecule has 1 aromatic carbocycles. The van der Waals surface area contributed by atoms with Crippen molar-refractivity contribution in [3.8, 4) is 0 Å². The summed E-state index contributed by atoms with van der Waals surface area (Å²) in [5.74, 6) is -0.862. The number of aromatic nitrogens is 2. The van der Waals surface area contributed by atoms with E-state index < -0.39 is 11.2 Å². The van der Waals surface area contributed by atoms with Crippen molar-refractivity contribution in [2.45, 2.75) is 36.9 Å². The summed E-state index contributed by atoms with van der Waals surface area (Å²) in [5, 5.41) is 19.1. The van der Waals surface area contributed by atoms with E-state index >= 15 is 0 Å². The molecule has 1 aromatic heterocycles. The van der Waals surface area contributed by atoms with Crippen LogP contribution in [0.25, 0.3) is 0 Å². The molecule has 1 atom stereocenters. The molecular weight excluding hydrogens is 324 g/mol. The van der Waals surface area contributed by atoms with Gasteiger partial charge in [-0.15, -0.1) is 0 Å². The highest BCUT2D eigenvalue weighted by atomic mass is 35.5. The third-order valence-electron chi connectivity index (χ3n) is 3.11. The number of rotatable bonds is 7. The summed E-state index contributed by atoms with van der Waals surface area (Å²) in [7, 11) is 0. The Morgan fingerprint density at radius 3 is 2.64 bits per heavy atom. The van der Waals surface area contributed by atoms with E-state index in [9.17, 15) is 15.0 Å². The maximum absolute atomic E-state index is 11.2. The molecule has 0 fully saturated rings. The third-order valence-corrected chi connectivity index (χ3v) is 4.72. The zero-order valence-electron chi connectivity index (χ0n) is 12.1. The molecule has 1 heterocycles. The van der Waals surface area contributed by atoms with E-state index in [1.54, 1.807) is 18.3 Å². The largest absolute Gasteiger partial charge is 0.480 e. The number of carbonyl (C=O) groups is 1. The summed E-state index contributed by atoms with van der Waals surface area (Å²) in [4.78, 5) is 15.5. The zero-order valence-corrected chi connectivity index (χ0v) is 13.6. The number of hydrogen-bond acceptors (Lipinski definition) is 4. The number of thioether (sulfide) groups is 1. The van der Waals surface area contributed by atoms with Crippen LogP contribution in [-0.2, 0) is 17.9 Å². The van der Waals surface area contributed by atoms with Gasteiger partial charge in [-0.25, -0.2) is 4.98 Å². The number of aliphatic hydroxyl groups excluding tert-OH is 1. The Balaban J connectivity index is 2.24. The van der Waals surface area contributed by atoms with Crippen LogP contribution in [-0.4, -0.2) is 31.0 Å². The van der Waals surface area contributed by atoms with Crippen LogP contribution in [0, 0.1) is 0 Å². The molecule has 0 spiro atoms. The minimum absolute atomic E-state index is 0.176. The Hall–Kier alpha value is -1.50. The maximum Gasteiger partial charge on any atom is 0.317 e. The van der Waals surface area contributed by atoms with E-state index in [0.29, 0.717) is 28.8 Å². The lowest BCUT2D eigenvalue weighted by Crippen LogP contribution is -2.16. The van der Waals surface area contributed by atoms with E-state index in [1.807, 2.05) is 23.6 Å². The molecule has 2 aromatic rings. The van der Waals surface area contributed by atoms with E-state index in [-0.39, 0.29) is 6.61 Å². The molecule has 7 heteroatoms. The number of halogens is 1. The van der Waals surface area contributed by atoms with E-state index in [1.165, 1.54) is 11.8 Å². The summed E-state index contributed by atoms with van der Waals surface area (Å²) in [6.07, 6.45) is 2.24. The molecule has 2 N–H and O–H groups in total. The second-order valence-corrected chi connectivity index (χ2v) is 6.39. The minimum atomic E-state index is -0.862. The summed E-state index contributed by atoms with van der Waals surface area (Å²) in [6.45, 7) is 2.19. The normalized spacial score (nSPS) is 12.3. The summed E-state index contributed by atoms with van der Waals surface area (Å²) < 4.78 is 1.85. The zero-order chi connectivity index (χ0) is 16.1. The molecule has 0 bridgehead atoms. The van der Waals surface area contributed by atoms with Gasteiger partial charge in [-0.05, 0) is 24.1 Å². The fraction of sp³-hybridized carbons (Fsp3) is 0.333. The molecule has 22 heavy (non-hydrogen) atoms. The van der Waals surface area contributed by atoms with Crippen molar-refractivity contribution in [2.75, 3.05) is 0 Å². The molecule has 2 rings (SSSR count). The van der Waals surface area contributed by atoms with Gasteiger partial charge in [0, 0.05) is 17.8 Å². The smallest absolute Gasteiger partial charge is 0.317 e. The standard InChI is InChI=1S/C15H17ClN2O3S/c1-2-13(14(20)21)22-15-17-12(9-19)8-18(15)7-10-3-5-11(16)6-4-10/h3-6,8,13,19H,2,7,9H2,1H3,(H,20,21). The quantitative estimate of drug-likeness (QED) is 0.758. The molecule has 0 radical (unpaired) electrons. The topological polar surface area (TPSA) is 75.4 Å². The van der Waals surface area contributed by atoms with Crippen LogP contribution in [0.4, 0.5) is 0 Å². The molecule has 0 amide bonds. The molecular formula is C15H17ClN2O3S. The van der Waals surface area contributed by atoms with Crippen LogP contribution in [0.3, 0.4) is 0 Å². The van der Waals surface area contributed by atoms with Crippen LogP contribution >= 0.6 is 23.4 Å². The van der Waals surface area contributed by atoms with Gasteiger partial charge in [-0.2, -0.15) is 0 Å². The molecule has 0 aliphatic heterocycles. The Labute approximate surface area is 137 Å². The number of carboxylic acids is 1. The first-order valence-electron chi connectivity index (χ1n) is 6.84. The predicted molar refractivity (Wildman–Crippen MR) is 86.3 cm³/mol. The number of aliphatic hydroxyl groups is 1. The van der Waals surface area contributed by atoms with Gasteiger partial charge < -0.3 is 14.8 Å². The summed E-state index contributed by atoms with van der Waals surface area (Å²) >= 11 is 7.07. The van der Waals surface area contributed by atoms with Crippen LogP contribution in [0.5, 0.6) is 0 Å². The molecule has 0 saturated carbocycles. The van der Waals surface area contributed by atoms with Crippen LogP contribution < -0.4 is 0 Å². The number of imidazole rings is 1. The number of hydrogen-bond donors (Lipinski definition) is 2. The van der Waals surface area contributed by atoms with Gasteiger partial charge in [0.15, 0.2) is 5.16 Å². The third kappa shape index (κ3) is 4.25. The maximum atomic E-state index is 11.2. The van der Waals surface area contributed by atoms with Gasteiger partial charge in [-0.1, -0.05) is 42.4 Å². The van der Waals surface area contributed by atoms with Crippen molar-refractivity contribution in [2.24, 2.45) is 0 Å². The van der Waals surface area contributed by atoms with Crippen LogP contribution in [0.1, 0.15) is 24.6 Å². The van der Waals surface area contributed by atoms with E-state index in [0.717, 1.165) is 5.56 Å². The molecule has 1 unspecified atom stereocenters. The Morgan fingerprint density at radius 1 is 1.41 bits per heavy atom. The van der Waals surface area contributed by atoms with Crippen molar-refractivity contribution in [1.29, 1.82) is 0 Å². The Morgan fingerprint density at radius 2 is 2.09 bits per heavy atom. The number of aliphatic carboxylic acids is 1. The Kier molecular flexibility index (Phi) is 5.88. The van der Waals surface area contributed by atoms with Gasteiger partial charge in [-0.3, -0.25) is 4.79 Å². The second kappa shape index (κ2) is 7.67. The van der Waals surface area contributed by atoms with Gasteiger partial charge in [0.05, 0.1) is 12.3 Å². The van der Waals surface area contributed by atoms with E-state index in [2.05, 4.69) is 4.98 Å². The molecule has 5 nitrogen and oxygen atoms in total. The van der Waals surface area contributed by atoms with Crippen molar-refractivity contribution in [3.63, 3.8) is 0 Å². The monoisotopic (exact) mass is 340 g/mol. The molecule has 118 valence electrons. The summed E-state index contributed by atoms with van der Waals surface area (Å²) in [6, 6.07) is 7.42. The first kappa shape index (κ1) is 16.9. The highest BCUT2D eigenvalue weighted by Gasteiger charge is 2.20. The molecule has 0 aliphatic carbocycles. The Bertz CT molecular complexity index is 643. The molecule has 0 saturated heterocycles. The lowest BCUT2D eigenvalue weighted by Gasteiger charge is -2.11. The minimum Gasteiger partial charge on any atom is -0.480 e. The van der Waals surface area contributed by atoms with Crippen molar-refractivity contribution >= 4 is 29.3 Å². The highest BCUT2D eigenvalue weighted by molar-refractivity contribution is 8.00. The lowest BCUT2D eigenvalue weighted by atomic mass is 10.2. The fourth-order valence-corrected chi connectivity index (χ4v) is 3.03. The fourth-order valence-electron chi connectivity index (χ4n) is 1.96. The number of carboxylic acid groups (broad SMARTS) is 1. The highest BCUT2D eigenvalue weighted by Crippen LogP contribution is 2.26. The number of benzene rings is 1. The van der Waals surface area contributed by atoms with Gasteiger partial charge >= 0.3 is 5.97 Å². The number of nitrogens with zero attached hydrogens (tertiary/aromatic N) is 2. The SMILES string of the molecule is CCC(Sc1nc(CO)cn1Cc1ccc(Cl)cc1)C(=O)O. The average Bonchev–Trinajstić information content (AvgIpc) is 2.88. The van der Waals surface area contributed by atoms with Crippen molar-refractivity contribution in [3.05, 3.63) is 46.7 Å². The summed E-state index contributed by atoms with van der Waals surface area (Å²) in [5.41, 5.74) is 1.55.